The van der Waals surface area contributed by atoms with Crippen LogP contribution in [0.2, 0.25) is 0 Å². The predicted molar refractivity (Wildman–Crippen MR) is 372 cm³/mol. The first-order valence-electron chi connectivity index (χ1n) is 37.7. The predicted octanol–water partition coefficient (Wildman–Crippen LogP) is 20.9. The Balaban J connectivity index is 5.26. The van der Waals surface area contributed by atoms with Crippen LogP contribution in [0, 0.1) is 23.7 Å². The molecule has 3 N–H and O–H groups in total. The van der Waals surface area contributed by atoms with E-state index in [9.17, 15) is 43.2 Å². The molecule has 0 aliphatic rings. The van der Waals surface area contributed by atoms with Gasteiger partial charge in [0.1, 0.15) is 19.3 Å². The van der Waals surface area contributed by atoms with E-state index < -0.39 is 97.5 Å². The Morgan fingerprint density at radius 2 is 0.522 bits per heavy atom. The zero-order valence-electron chi connectivity index (χ0n) is 60.2. The van der Waals surface area contributed by atoms with Crippen molar-refractivity contribution in [3.8, 4) is 0 Å². The molecule has 0 aliphatic carbocycles. The summed E-state index contributed by atoms with van der Waals surface area (Å²) >= 11 is 0. The van der Waals surface area contributed by atoms with Crippen LogP contribution in [0.15, 0.2) is 0 Å². The van der Waals surface area contributed by atoms with Crippen molar-refractivity contribution in [2.45, 2.75) is 382 Å². The quantitative estimate of drug-likeness (QED) is 0.0222. The van der Waals surface area contributed by atoms with Gasteiger partial charge in [-0.1, -0.05) is 312 Å². The van der Waals surface area contributed by atoms with Crippen molar-refractivity contribution < 1.29 is 80.2 Å². The van der Waals surface area contributed by atoms with E-state index in [4.69, 9.17) is 37.0 Å². The molecule has 6 atom stereocenters. The molecule has 92 heavy (non-hydrogen) atoms. The molecule has 17 nitrogen and oxygen atoms in total. The molecule has 0 aromatic rings. The van der Waals surface area contributed by atoms with E-state index >= 15 is 0 Å². The van der Waals surface area contributed by atoms with Gasteiger partial charge in [-0.05, 0) is 49.4 Å². The molecule has 3 unspecified atom stereocenters. The summed E-state index contributed by atoms with van der Waals surface area (Å²) in [6, 6.07) is 0. The van der Waals surface area contributed by atoms with Crippen molar-refractivity contribution in [3.05, 3.63) is 0 Å². The molecule has 0 fully saturated rings. The monoisotopic (exact) mass is 1350 g/mol. The maximum Gasteiger partial charge on any atom is 0.472 e. The van der Waals surface area contributed by atoms with Crippen molar-refractivity contribution in [2.75, 3.05) is 39.6 Å². The van der Waals surface area contributed by atoms with Crippen LogP contribution in [-0.2, 0) is 65.4 Å². The minimum Gasteiger partial charge on any atom is -0.462 e. The summed E-state index contributed by atoms with van der Waals surface area (Å²) < 4.78 is 68.4. The molecule has 0 heterocycles. The Bertz CT molecular complexity index is 1820. The number of hydrogen-bond acceptors (Lipinski definition) is 15. The van der Waals surface area contributed by atoms with Crippen LogP contribution in [0.1, 0.15) is 364 Å². The fourth-order valence-electron chi connectivity index (χ4n) is 11.0. The summed E-state index contributed by atoms with van der Waals surface area (Å²) in [5.41, 5.74) is 0. The zero-order valence-corrected chi connectivity index (χ0v) is 62.0. The summed E-state index contributed by atoms with van der Waals surface area (Å²) in [5.74, 6) is 0.902. The second-order valence-electron chi connectivity index (χ2n) is 28.0. The van der Waals surface area contributed by atoms with Gasteiger partial charge in [-0.3, -0.25) is 37.3 Å². The fraction of sp³-hybridized carbons (Fsp3) is 0.945. The molecule has 0 aromatic carbocycles. The van der Waals surface area contributed by atoms with Crippen LogP contribution >= 0.6 is 15.6 Å². The first kappa shape index (κ1) is 90.1. The van der Waals surface area contributed by atoms with Gasteiger partial charge >= 0.3 is 39.5 Å². The van der Waals surface area contributed by atoms with Crippen molar-refractivity contribution in [1.82, 2.24) is 0 Å². The summed E-state index contributed by atoms with van der Waals surface area (Å²) in [6.45, 7) is 14.1. The minimum atomic E-state index is -4.96. The number of aliphatic hydroxyl groups is 1. The Morgan fingerprint density at radius 1 is 0.304 bits per heavy atom. The Kier molecular flexibility index (Phi) is 61.3. The van der Waals surface area contributed by atoms with Gasteiger partial charge in [0.05, 0.1) is 26.4 Å². The van der Waals surface area contributed by atoms with Gasteiger partial charge in [0, 0.05) is 25.7 Å². The number of carbonyl (C=O) groups excluding carboxylic acids is 4. The molecular weight excluding hydrogens is 1210 g/mol. The zero-order chi connectivity index (χ0) is 68.2. The molecule has 0 rings (SSSR count). The largest absolute Gasteiger partial charge is 0.472 e. The topological polar surface area (TPSA) is 237 Å². The molecule has 0 aliphatic heterocycles. The third kappa shape index (κ3) is 65.4. The van der Waals surface area contributed by atoms with Gasteiger partial charge in [0.15, 0.2) is 12.2 Å². The van der Waals surface area contributed by atoms with E-state index in [0.717, 1.165) is 120 Å². The van der Waals surface area contributed by atoms with Gasteiger partial charge in [0.2, 0.25) is 0 Å². The number of phosphoric acid groups is 2. The molecule has 0 amide bonds. The highest BCUT2D eigenvalue weighted by molar-refractivity contribution is 7.47. The maximum absolute atomic E-state index is 13.1. The fourth-order valence-corrected chi connectivity index (χ4v) is 12.6. The number of hydrogen-bond donors (Lipinski definition) is 3. The molecule has 0 bridgehead atoms. The van der Waals surface area contributed by atoms with Crippen molar-refractivity contribution in [3.63, 3.8) is 0 Å². The van der Waals surface area contributed by atoms with Crippen LogP contribution in [0.3, 0.4) is 0 Å². The number of rotatable bonds is 70. The van der Waals surface area contributed by atoms with Gasteiger partial charge < -0.3 is 33.8 Å². The summed E-state index contributed by atoms with van der Waals surface area (Å²) in [5, 5.41) is 10.6. The lowest BCUT2D eigenvalue weighted by molar-refractivity contribution is -0.161. The molecule has 546 valence electrons. The second kappa shape index (κ2) is 62.6. The standard InChI is InChI=1S/C73H142O17P2/c1-9-66(8)52-44-36-31-32-38-46-54-71(76)84-60-69(90-73(78)56-48-40-30-24-18-16-21-27-35-43-51-65(6)7)62-88-92(81,82)86-58-67(74)57-85-91(79,80)87-61-68(59-83-70(75)53-45-37-28-22-17-15-20-26-34-42-50-64(4)5)89-72(77)55-47-39-29-23-14-12-10-11-13-19-25-33-41-49-63(2)3/h63-69,74H,9-62H2,1-8H3,(H,79,80)(H,81,82)/t66?,67-,68-,69-/m1/s1. The molecular formula is C73H142O17P2. The van der Waals surface area contributed by atoms with Crippen molar-refractivity contribution in [1.29, 1.82) is 0 Å². The van der Waals surface area contributed by atoms with E-state index in [1.54, 1.807) is 0 Å². The highest BCUT2D eigenvalue weighted by atomic mass is 31.2. The lowest BCUT2D eigenvalue weighted by Gasteiger charge is -2.21. The maximum atomic E-state index is 13.1. The van der Waals surface area contributed by atoms with Gasteiger partial charge in [0.25, 0.3) is 0 Å². The van der Waals surface area contributed by atoms with E-state index in [1.165, 1.54) is 161 Å². The minimum absolute atomic E-state index is 0.105. The van der Waals surface area contributed by atoms with E-state index in [0.29, 0.717) is 25.7 Å². The number of phosphoric ester groups is 2. The van der Waals surface area contributed by atoms with E-state index in [-0.39, 0.29) is 25.7 Å². The van der Waals surface area contributed by atoms with Crippen LogP contribution in [0.4, 0.5) is 0 Å². The van der Waals surface area contributed by atoms with E-state index in [2.05, 4.69) is 55.4 Å². The van der Waals surface area contributed by atoms with Crippen LogP contribution in [0.25, 0.3) is 0 Å². The molecule has 0 saturated carbocycles. The number of esters is 4. The van der Waals surface area contributed by atoms with Gasteiger partial charge in [-0.25, -0.2) is 9.13 Å². The first-order valence-corrected chi connectivity index (χ1v) is 40.7. The summed E-state index contributed by atoms with van der Waals surface area (Å²) in [6.07, 6.45) is 45.8. The molecule has 0 radical (unpaired) electrons. The SMILES string of the molecule is CCC(C)CCCCCCCCC(=O)OC[C@H](COP(=O)(O)OC[C@H](O)COP(=O)(O)OC[C@@H](COC(=O)CCCCCCCCCCCCC(C)C)OC(=O)CCCCCCCCCCCCCCCC(C)C)OC(=O)CCCCCCCCCCCCC(C)C. The average Bonchev–Trinajstić information content (AvgIpc) is 3.68. The molecule has 0 spiro atoms. The molecule has 19 heteroatoms. The van der Waals surface area contributed by atoms with Gasteiger partial charge in [-0.15, -0.1) is 0 Å². The van der Waals surface area contributed by atoms with E-state index in [1.807, 2.05) is 0 Å². The van der Waals surface area contributed by atoms with Crippen LogP contribution in [0.5, 0.6) is 0 Å². The number of carbonyl (C=O) groups is 4. The lowest BCUT2D eigenvalue weighted by Crippen LogP contribution is -2.30. The third-order valence-corrected chi connectivity index (χ3v) is 19.1. The number of aliphatic hydroxyl groups excluding tert-OH is 1. The molecule has 0 saturated heterocycles. The first-order chi connectivity index (χ1) is 44.1. The Morgan fingerprint density at radius 3 is 0.772 bits per heavy atom. The van der Waals surface area contributed by atoms with Crippen molar-refractivity contribution in [2.24, 2.45) is 23.7 Å². The normalized spacial score (nSPS) is 14.5. The second-order valence-corrected chi connectivity index (χ2v) is 30.9. The number of unbranched alkanes of at least 4 members (excludes halogenated alkanes) is 35. The van der Waals surface area contributed by atoms with Gasteiger partial charge in [-0.2, -0.15) is 0 Å². The molecule has 0 aromatic heterocycles. The Labute approximate surface area is 562 Å². The van der Waals surface area contributed by atoms with Crippen molar-refractivity contribution >= 4 is 39.5 Å². The Hall–Kier alpha value is -1.94. The smallest absolute Gasteiger partial charge is 0.462 e. The summed E-state index contributed by atoms with van der Waals surface area (Å²) in [4.78, 5) is 72.7. The number of ether oxygens (including phenoxy) is 4. The highest BCUT2D eigenvalue weighted by Crippen LogP contribution is 2.45. The highest BCUT2D eigenvalue weighted by Gasteiger charge is 2.30. The average molecular weight is 1350 g/mol. The third-order valence-electron chi connectivity index (χ3n) is 17.2. The van der Waals surface area contributed by atoms with Crippen LogP contribution < -0.4 is 0 Å². The van der Waals surface area contributed by atoms with Crippen LogP contribution in [-0.4, -0.2) is 96.7 Å². The summed E-state index contributed by atoms with van der Waals surface area (Å²) in [7, 11) is -9.91. The lowest BCUT2D eigenvalue weighted by atomic mass is 10.00.